The average Bonchev–Trinajstić information content (AvgIpc) is 3.44. The van der Waals surface area contributed by atoms with E-state index < -0.39 is 6.10 Å². The van der Waals surface area contributed by atoms with Crippen molar-refractivity contribution in [2.75, 3.05) is 5.32 Å². The highest BCUT2D eigenvalue weighted by Gasteiger charge is 2.21. The van der Waals surface area contributed by atoms with Crippen molar-refractivity contribution in [1.29, 1.82) is 0 Å². The van der Waals surface area contributed by atoms with Gasteiger partial charge < -0.3 is 14.5 Å². The zero-order valence-corrected chi connectivity index (χ0v) is 17.9. The van der Waals surface area contributed by atoms with Crippen molar-refractivity contribution in [3.63, 3.8) is 0 Å². The summed E-state index contributed by atoms with van der Waals surface area (Å²) in [5.74, 6) is 1.24. The molecule has 9 heteroatoms. The first-order valence-corrected chi connectivity index (χ1v) is 10.2. The van der Waals surface area contributed by atoms with Crippen LogP contribution in [0.2, 0.25) is 0 Å². The van der Waals surface area contributed by atoms with Gasteiger partial charge in [0.1, 0.15) is 17.3 Å². The van der Waals surface area contributed by atoms with Crippen molar-refractivity contribution >= 4 is 11.7 Å². The molecule has 3 aromatic heterocycles. The van der Waals surface area contributed by atoms with Gasteiger partial charge >= 0.3 is 0 Å². The van der Waals surface area contributed by atoms with Crippen LogP contribution in [-0.2, 0) is 4.79 Å². The lowest BCUT2D eigenvalue weighted by Gasteiger charge is -2.15. The van der Waals surface area contributed by atoms with Crippen LogP contribution in [-0.4, -0.2) is 31.8 Å². The number of carbonyl (C=O) groups is 1. The molecule has 1 amide bonds. The van der Waals surface area contributed by atoms with Crippen LogP contribution in [0.5, 0.6) is 5.75 Å². The minimum absolute atomic E-state index is 0.0356. The summed E-state index contributed by atoms with van der Waals surface area (Å²) < 4.78 is 12.5. The molecule has 0 aliphatic rings. The molecular weight excluding hydrogens is 410 g/mol. The summed E-state index contributed by atoms with van der Waals surface area (Å²) in [7, 11) is 0. The topological polar surface area (TPSA) is 115 Å². The third-order valence-electron chi connectivity index (χ3n) is 4.70. The Morgan fingerprint density at radius 3 is 2.59 bits per heavy atom. The summed E-state index contributed by atoms with van der Waals surface area (Å²) in [5, 5.41) is 7.31. The third kappa shape index (κ3) is 4.61. The van der Waals surface area contributed by atoms with E-state index in [9.17, 15) is 9.59 Å². The fourth-order valence-corrected chi connectivity index (χ4v) is 3.02. The zero-order valence-electron chi connectivity index (χ0n) is 17.9. The van der Waals surface area contributed by atoms with Crippen molar-refractivity contribution in [1.82, 2.24) is 19.7 Å². The molecule has 4 rings (SSSR count). The molecule has 0 saturated heterocycles. The number of hydrogen-bond acceptors (Lipinski definition) is 6. The summed E-state index contributed by atoms with van der Waals surface area (Å²) in [6.45, 7) is 5.53. The fraction of sp³-hybridized carbons (Fsp3) is 0.217. The van der Waals surface area contributed by atoms with Crippen LogP contribution in [0.4, 0.5) is 5.82 Å². The van der Waals surface area contributed by atoms with Gasteiger partial charge in [-0.1, -0.05) is 32.0 Å². The molecule has 0 bridgehead atoms. The first kappa shape index (κ1) is 21.1. The molecule has 0 aliphatic heterocycles. The summed E-state index contributed by atoms with van der Waals surface area (Å²) in [6.07, 6.45) is 0.754. The van der Waals surface area contributed by atoms with E-state index in [-0.39, 0.29) is 23.3 Å². The number of aromatic amines is 1. The highest BCUT2D eigenvalue weighted by Crippen LogP contribution is 2.25. The van der Waals surface area contributed by atoms with Crippen LogP contribution >= 0.6 is 0 Å². The van der Waals surface area contributed by atoms with Crippen LogP contribution in [0.3, 0.4) is 0 Å². The van der Waals surface area contributed by atoms with E-state index in [2.05, 4.69) is 20.4 Å². The van der Waals surface area contributed by atoms with E-state index in [0.29, 0.717) is 28.7 Å². The molecule has 1 atom stereocenters. The molecule has 0 spiro atoms. The van der Waals surface area contributed by atoms with Gasteiger partial charge in [-0.15, -0.1) is 0 Å². The molecule has 0 radical (unpaired) electrons. The van der Waals surface area contributed by atoms with Gasteiger partial charge in [0.05, 0.1) is 12.0 Å². The van der Waals surface area contributed by atoms with Crippen LogP contribution in [0.1, 0.15) is 32.4 Å². The number of furan rings is 1. The van der Waals surface area contributed by atoms with E-state index >= 15 is 0 Å². The molecule has 164 valence electrons. The SMILES string of the molecule is CC(Oc1ccccc1)C(=O)Nc1cc(-c2ccco2)nn1-c1nc(C(C)C)cc(=O)[nH]1. The van der Waals surface area contributed by atoms with Gasteiger partial charge in [0.15, 0.2) is 11.9 Å². The monoisotopic (exact) mass is 433 g/mol. The molecular formula is C23H23N5O4. The number of rotatable bonds is 7. The van der Waals surface area contributed by atoms with Gasteiger partial charge in [-0.3, -0.25) is 14.6 Å². The number of nitrogens with one attached hydrogen (secondary N) is 2. The molecule has 2 N–H and O–H groups in total. The summed E-state index contributed by atoms with van der Waals surface area (Å²) in [4.78, 5) is 32.2. The highest BCUT2D eigenvalue weighted by atomic mass is 16.5. The Labute approximate surface area is 184 Å². The summed E-state index contributed by atoms with van der Waals surface area (Å²) in [5.41, 5.74) is 0.767. The van der Waals surface area contributed by atoms with Gasteiger partial charge in [-0.2, -0.15) is 9.78 Å². The molecule has 1 aromatic carbocycles. The largest absolute Gasteiger partial charge is 0.481 e. The fourth-order valence-electron chi connectivity index (χ4n) is 3.02. The van der Waals surface area contributed by atoms with E-state index in [4.69, 9.17) is 9.15 Å². The predicted molar refractivity (Wildman–Crippen MR) is 119 cm³/mol. The van der Waals surface area contributed by atoms with Crippen LogP contribution in [0, 0.1) is 0 Å². The molecule has 32 heavy (non-hydrogen) atoms. The molecule has 9 nitrogen and oxygen atoms in total. The lowest BCUT2D eigenvalue weighted by atomic mass is 10.1. The predicted octanol–water partition coefficient (Wildman–Crippen LogP) is 3.75. The lowest BCUT2D eigenvalue weighted by Crippen LogP contribution is -2.31. The molecule has 4 aromatic rings. The van der Waals surface area contributed by atoms with Crippen LogP contribution in [0.25, 0.3) is 17.4 Å². The number of amides is 1. The Balaban J connectivity index is 1.68. The number of para-hydroxylation sites is 1. The maximum Gasteiger partial charge on any atom is 0.266 e. The molecule has 0 aliphatic carbocycles. The second-order valence-corrected chi connectivity index (χ2v) is 7.51. The Bertz CT molecular complexity index is 1260. The number of aromatic nitrogens is 4. The van der Waals surface area contributed by atoms with Crippen molar-refractivity contribution in [2.24, 2.45) is 0 Å². The first-order valence-electron chi connectivity index (χ1n) is 10.2. The smallest absolute Gasteiger partial charge is 0.266 e. The van der Waals surface area contributed by atoms with Crippen molar-refractivity contribution in [2.45, 2.75) is 32.8 Å². The Morgan fingerprint density at radius 1 is 1.12 bits per heavy atom. The van der Waals surface area contributed by atoms with Gasteiger partial charge in [0.25, 0.3) is 11.5 Å². The molecule has 3 heterocycles. The van der Waals surface area contributed by atoms with Crippen LogP contribution < -0.4 is 15.6 Å². The number of benzene rings is 1. The first-order chi connectivity index (χ1) is 15.4. The second-order valence-electron chi connectivity index (χ2n) is 7.51. The molecule has 0 saturated carbocycles. The van der Waals surface area contributed by atoms with Gasteiger partial charge in [0, 0.05) is 12.1 Å². The zero-order chi connectivity index (χ0) is 22.7. The van der Waals surface area contributed by atoms with E-state index in [1.165, 1.54) is 17.0 Å². The Morgan fingerprint density at radius 2 is 1.91 bits per heavy atom. The number of hydrogen-bond donors (Lipinski definition) is 2. The number of ether oxygens (including phenoxy) is 1. The van der Waals surface area contributed by atoms with Gasteiger partial charge in [-0.25, -0.2) is 4.98 Å². The van der Waals surface area contributed by atoms with Gasteiger partial charge in [-0.05, 0) is 37.1 Å². The number of H-pyrrole nitrogens is 1. The van der Waals surface area contributed by atoms with Crippen molar-refractivity contribution in [3.8, 4) is 23.2 Å². The number of nitrogens with zero attached hydrogens (tertiary/aromatic N) is 3. The summed E-state index contributed by atoms with van der Waals surface area (Å²) >= 11 is 0. The third-order valence-corrected chi connectivity index (χ3v) is 4.70. The molecule has 0 fully saturated rings. The number of carbonyl (C=O) groups excluding carboxylic acids is 1. The minimum atomic E-state index is -0.776. The Kier molecular flexibility index (Phi) is 5.89. The quantitative estimate of drug-likeness (QED) is 0.459. The maximum absolute atomic E-state index is 12.8. The second kappa shape index (κ2) is 8.93. The standard InChI is InChI=1S/C23H23N5O4/c1-14(2)17-13-21(29)26-23(24-17)28-20(12-18(27-28)19-10-7-11-31-19)25-22(30)15(3)32-16-8-5-4-6-9-16/h4-15H,1-3H3,(H,25,30)(H,24,26,29). The Hall–Kier alpha value is -4.14. The van der Waals surface area contributed by atoms with Crippen molar-refractivity contribution < 1.29 is 13.9 Å². The van der Waals surface area contributed by atoms with E-state index in [1.807, 2.05) is 32.0 Å². The average molecular weight is 433 g/mol. The van der Waals surface area contributed by atoms with Crippen LogP contribution in [0.15, 0.2) is 70.1 Å². The normalized spacial score (nSPS) is 12.0. The van der Waals surface area contributed by atoms with E-state index in [0.717, 1.165) is 0 Å². The molecule has 1 unspecified atom stereocenters. The van der Waals surface area contributed by atoms with Crippen molar-refractivity contribution in [3.05, 3.63) is 76.9 Å². The summed E-state index contributed by atoms with van der Waals surface area (Å²) in [6, 6.07) is 15.6. The lowest BCUT2D eigenvalue weighted by molar-refractivity contribution is -0.122. The maximum atomic E-state index is 12.8. The van der Waals surface area contributed by atoms with E-state index in [1.54, 1.807) is 37.3 Å². The van der Waals surface area contributed by atoms with Gasteiger partial charge in [0.2, 0.25) is 5.95 Å². The number of anilines is 1. The minimum Gasteiger partial charge on any atom is -0.481 e. The highest BCUT2D eigenvalue weighted by molar-refractivity contribution is 5.94.